The average molecular weight is 372 g/mol. The van der Waals surface area contributed by atoms with E-state index < -0.39 is 5.97 Å². The fourth-order valence-electron chi connectivity index (χ4n) is 1.34. The van der Waals surface area contributed by atoms with Crippen LogP contribution in [-0.2, 0) is 0 Å². The Morgan fingerprint density at radius 2 is 1.83 bits per heavy atom. The van der Waals surface area contributed by atoms with Crippen molar-refractivity contribution in [1.29, 1.82) is 0 Å². The molecular weight excluding hydrogens is 364 g/mol. The van der Waals surface area contributed by atoms with Crippen molar-refractivity contribution >= 4 is 49.3 Å². The highest BCUT2D eigenvalue weighted by atomic mass is 79.9. The summed E-state index contributed by atoms with van der Waals surface area (Å²) in [5.41, 5.74) is 1.000. The summed E-state index contributed by atoms with van der Waals surface area (Å²) in [6.07, 6.45) is 1.31. The summed E-state index contributed by atoms with van der Waals surface area (Å²) in [5, 5.41) is 11.9. The molecule has 0 aliphatic rings. The SMILES string of the molecule is O=C(O)c1ccc(Nc2c(Br)cccc2Br)nc1. The molecule has 0 radical (unpaired) electrons. The van der Waals surface area contributed by atoms with Crippen LogP contribution in [-0.4, -0.2) is 16.1 Å². The van der Waals surface area contributed by atoms with Crippen LogP contribution in [0.1, 0.15) is 10.4 Å². The van der Waals surface area contributed by atoms with E-state index in [2.05, 4.69) is 42.2 Å². The number of aromatic nitrogens is 1. The molecule has 18 heavy (non-hydrogen) atoms. The standard InChI is InChI=1S/C12H8Br2N2O2/c13-8-2-1-3-9(14)11(8)16-10-5-4-7(6-15-10)12(17)18/h1-6H,(H,15,16)(H,17,18). The molecule has 1 aromatic carbocycles. The Kier molecular flexibility index (Phi) is 3.98. The van der Waals surface area contributed by atoms with E-state index >= 15 is 0 Å². The maximum Gasteiger partial charge on any atom is 0.337 e. The third kappa shape index (κ3) is 2.88. The zero-order valence-electron chi connectivity index (χ0n) is 9.02. The Bertz CT molecular complexity index is 565. The number of hydrogen-bond donors (Lipinski definition) is 2. The van der Waals surface area contributed by atoms with E-state index in [1.165, 1.54) is 12.3 Å². The maximum atomic E-state index is 10.7. The van der Waals surface area contributed by atoms with Crippen LogP contribution >= 0.6 is 31.9 Å². The second-order valence-electron chi connectivity index (χ2n) is 3.46. The third-order valence-electron chi connectivity index (χ3n) is 2.23. The Morgan fingerprint density at radius 1 is 1.17 bits per heavy atom. The molecule has 0 aliphatic heterocycles. The largest absolute Gasteiger partial charge is 0.478 e. The number of rotatable bonds is 3. The lowest BCUT2D eigenvalue weighted by Crippen LogP contribution is -1.99. The minimum absolute atomic E-state index is 0.159. The van der Waals surface area contributed by atoms with Gasteiger partial charge < -0.3 is 10.4 Å². The molecular formula is C12H8Br2N2O2. The molecule has 92 valence electrons. The van der Waals surface area contributed by atoms with Crippen LogP contribution in [0.25, 0.3) is 0 Å². The molecule has 0 atom stereocenters. The van der Waals surface area contributed by atoms with Gasteiger partial charge in [-0.2, -0.15) is 0 Å². The summed E-state index contributed by atoms with van der Waals surface area (Å²) < 4.78 is 1.78. The molecule has 2 N–H and O–H groups in total. The van der Waals surface area contributed by atoms with E-state index in [1.54, 1.807) is 6.07 Å². The van der Waals surface area contributed by atoms with Gasteiger partial charge in [-0.25, -0.2) is 9.78 Å². The van der Waals surface area contributed by atoms with E-state index in [1.807, 2.05) is 18.2 Å². The highest BCUT2D eigenvalue weighted by molar-refractivity contribution is 9.11. The Morgan fingerprint density at radius 3 is 2.33 bits per heavy atom. The van der Waals surface area contributed by atoms with Gasteiger partial charge in [0.05, 0.1) is 11.3 Å². The molecule has 0 aliphatic carbocycles. The van der Waals surface area contributed by atoms with E-state index in [0.717, 1.165) is 14.6 Å². The van der Waals surface area contributed by atoms with E-state index in [-0.39, 0.29) is 5.56 Å². The number of benzene rings is 1. The first-order valence-electron chi connectivity index (χ1n) is 4.98. The number of nitrogens with one attached hydrogen (secondary N) is 1. The summed E-state index contributed by atoms with van der Waals surface area (Å²) in [6.45, 7) is 0. The number of halogens is 2. The van der Waals surface area contributed by atoms with E-state index in [4.69, 9.17) is 5.11 Å². The smallest absolute Gasteiger partial charge is 0.337 e. The second kappa shape index (κ2) is 5.49. The number of anilines is 2. The topological polar surface area (TPSA) is 62.2 Å². The predicted octanol–water partition coefficient (Wildman–Crippen LogP) is 4.05. The zero-order chi connectivity index (χ0) is 13.1. The third-order valence-corrected chi connectivity index (χ3v) is 3.55. The minimum Gasteiger partial charge on any atom is -0.478 e. The molecule has 0 fully saturated rings. The zero-order valence-corrected chi connectivity index (χ0v) is 12.2. The van der Waals surface area contributed by atoms with Gasteiger partial charge in [0.25, 0.3) is 0 Å². The van der Waals surface area contributed by atoms with Crippen molar-refractivity contribution < 1.29 is 9.90 Å². The normalized spacial score (nSPS) is 10.1. The molecule has 1 aromatic heterocycles. The van der Waals surface area contributed by atoms with Crippen molar-refractivity contribution in [1.82, 2.24) is 4.98 Å². The predicted molar refractivity (Wildman–Crippen MR) is 76.3 cm³/mol. The first-order chi connectivity index (χ1) is 8.58. The number of carboxylic acids is 1. The Hall–Kier alpha value is -1.40. The fraction of sp³-hybridized carbons (Fsp3) is 0. The van der Waals surface area contributed by atoms with Crippen molar-refractivity contribution in [2.24, 2.45) is 0 Å². The lowest BCUT2D eigenvalue weighted by molar-refractivity contribution is 0.0696. The fourth-order valence-corrected chi connectivity index (χ4v) is 2.54. The Labute approximate surface area is 120 Å². The molecule has 6 heteroatoms. The summed E-state index contributed by atoms with van der Waals surface area (Å²) in [4.78, 5) is 14.7. The quantitative estimate of drug-likeness (QED) is 0.854. The average Bonchev–Trinajstić information content (AvgIpc) is 2.34. The van der Waals surface area contributed by atoms with Crippen LogP contribution in [0, 0.1) is 0 Å². The lowest BCUT2D eigenvalue weighted by Gasteiger charge is -2.09. The number of nitrogens with zero attached hydrogens (tertiary/aromatic N) is 1. The van der Waals surface area contributed by atoms with Gasteiger partial charge in [-0.15, -0.1) is 0 Å². The Balaban J connectivity index is 2.26. The van der Waals surface area contributed by atoms with Crippen molar-refractivity contribution in [3.05, 3.63) is 51.0 Å². The molecule has 0 saturated carbocycles. The van der Waals surface area contributed by atoms with Gasteiger partial charge in [0, 0.05) is 15.1 Å². The highest BCUT2D eigenvalue weighted by Crippen LogP contribution is 2.32. The summed E-state index contributed by atoms with van der Waals surface area (Å²) in [5.74, 6) is -0.413. The molecule has 0 spiro atoms. The summed E-state index contributed by atoms with van der Waals surface area (Å²) >= 11 is 6.86. The van der Waals surface area contributed by atoms with E-state index in [0.29, 0.717) is 5.82 Å². The van der Waals surface area contributed by atoms with Gasteiger partial charge in [0.1, 0.15) is 5.82 Å². The highest BCUT2D eigenvalue weighted by Gasteiger charge is 2.07. The lowest BCUT2D eigenvalue weighted by atomic mass is 10.3. The van der Waals surface area contributed by atoms with Gasteiger partial charge in [-0.05, 0) is 56.1 Å². The molecule has 0 unspecified atom stereocenters. The first kappa shape index (κ1) is 13.0. The number of pyridine rings is 1. The van der Waals surface area contributed by atoms with Crippen molar-refractivity contribution in [2.75, 3.05) is 5.32 Å². The number of carboxylic acid groups (broad SMARTS) is 1. The molecule has 1 heterocycles. The van der Waals surface area contributed by atoms with Gasteiger partial charge in [0.15, 0.2) is 0 Å². The van der Waals surface area contributed by atoms with Gasteiger partial charge in [0.2, 0.25) is 0 Å². The van der Waals surface area contributed by atoms with Crippen LogP contribution in [0.3, 0.4) is 0 Å². The number of hydrogen-bond acceptors (Lipinski definition) is 3. The van der Waals surface area contributed by atoms with Crippen molar-refractivity contribution in [2.45, 2.75) is 0 Å². The molecule has 0 saturated heterocycles. The van der Waals surface area contributed by atoms with Gasteiger partial charge in [-0.1, -0.05) is 6.07 Å². The minimum atomic E-state index is -0.990. The van der Waals surface area contributed by atoms with Crippen LogP contribution < -0.4 is 5.32 Å². The van der Waals surface area contributed by atoms with E-state index in [9.17, 15) is 4.79 Å². The molecule has 2 rings (SSSR count). The molecule has 2 aromatic rings. The second-order valence-corrected chi connectivity index (χ2v) is 5.17. The van der Waals surface area contributed by atoms with Gasteiger partial charge in [-0.3, -0.25) is 0 Å². The molecule has 0 bridgehead atoms. The van der Waals surface area contributed by atoms with Crippen LogP contribution in [0.5, 0.6) is 0 Å². The number of aromatic carboxylic acids is 1. The van der Waals surface area contributed by atoms with Crippen LogP contribution in [0.15, 0.2) is 45.5 Å². The number of carbonyl (C=O) groups is 1. The van der Waals surface area contributed by atoms with Gasteiger partial charge >= 0.3 is 5.97 Å². The van der Waals surface area contributed by atoms with Crippen LogP contribution in [0.2, 0.25) is 0 Å². The molecule has 4 nitrogen and oxygen atoms in total. The van der Waals surface area contributed by atoms with Crippen molar-refractivity contribution in [3.63, 3.8) is 0 Å². The van der Waals surface area contributed by atoms with Crippen molar-refractivity contribution in [3.8, 4) is 0 Å². The maximum absolute atomic E-state index is 10.7. The summed E-state index contributed by atoms with van der Waals surface area (Å²) in [6, 6.07) is 8.83. The summed E-state index contributed by atoms with van der Waals surface area (Å²) in [7, 11) is 0. The van der Waals surface area contributed by atoms with Crippen LogP contribution in [0.4, 0.5) is 11.5 Å². The number of para-hydroxylation sites is 1. The monoisotopic (exact) mass is 370 g/mol. The first-order valence-corrected chi connectivity index (χ1v) is 6.57. The molecule has 0 amide bonds.